The number of hydrogen-bond acceptors (Lipinski definition) is 5. The van der Waals surface area contributed by atoms with Crippen molar-refractivity contribution in [1.29, 1.82) is 0 Å². The maximum absolute atomic E-state index is 12.9. The quantitative estimate of drug-likeness (QED) is 0.888. The Kier molecular flexibility index (Phi) is 5.87. The molecule has 1 aliphatic heterocycles. The first-order valence-corrected chi connectivity index (χ1v) is 8.22. The lowest BCUT2D eigenvalue weighted by Gasteiger charge is -2.36. The van der Waals surface area contributed by atoms with Gasteiger partial charge >= 0.3 is 6.18 Å². The summed E-state index contributed by atoms with van der Waals surface area (Å²) in [7, 11) is 0. The van der Waals surface area contributed by atoms with Gasteiger partial charge in [-0.05, 0) is 25.3 Å². The Hall–Kier alpha value is -1.90. The first kappa shape index (κ1) is 19.4. The average Bonchev–Trinajstić information content (AvgIpc) is 2.52. The summed E-state index contributed by atoms with van der Waals surface area (Å²) in [5.41, 5.74) is -0.732. The van der Waals surface area contributed by atoms with Gasteiger partial charge in [-0.15, -0.1) is 0 Å². The van der Waals surface area contributed by atoms with E-state index in [-0.39, 0.29) is 23.5 Å². The molecule has 9 heteroatoms. The number of carbonyl (C=O) groups is 1. The third-order valence-electron chi connectivity index (χ3n) is 3.99. The van der Waals surface area contributed by atoms with Gasteiger partial charge in [0.05, 0.1) is 0 Å². The lowest BCUT2D eigenvalue weighted by molar-refractivity contribution is -0.141. The van der Waals surface area contributed by atoms with Crippen molar-refractivity contribution >= 4 is 11.9 Å². The average molecular weight is 360 g/mol. The van der Waals surface area contributed by atoms with Gasteiger partial charge in [0.1, 0.15) is 11.8 Å². The molecule has 0 aromatic carbocycles. The van der Waals surface area contributed by atoms with E-state index in [2.05, 4.69) is 9.97 Å². The Morgan fingerprint density at radius 1 is 1.24 bits per heavy atom. The number of anilines is 1. The van der Waals surface area contributed by atoms with E-state index in [1.54, 1.807) is 4.90 Å². The molecule has 0 aliphatic carbocycles. The van der Waals surface area contributed by atoms with Crippen LogP contribution in [-0.4, -0.2) is 58.2 Å². The van der Waals surface area contributed by atoms with E-state index in [1.165, 1.54) is 11.8 Å². The smallest absolute Gasteiger partial charge is 0.383 e. The van der Waals surface area contributed by atoms with Crippen molar-refractivity contribution in [1.82, 2.24) is 14.9 Å². The van der Waals surface area contributed by atoms with Crippen molar-refractivity contribution in [3.8, 4) is 0 Å². The lowest BCUT2D eigenvalue weighted by atomic mass is 10.0. The fourth-order valence-corrected chi connectivity index (χ4v) is 2.72. The second-order valence-corrected chi connectivity index (χ2v) is 6.65. The number of amides is 1. The molecule has 1 atom stereocenters. The summed E-state index contributed by atoms with van der Waals surface area (Å²) in [6.45, 7) is 6.59. The van der Waals surface area contributed by atoms with Crippen LogP contribution >= 0.6 is 0 Å². The van der Waals surface area contributed by atoms with Crippen molar-refractivity contribution in [2.24, 2.45) is 5.92 Å². The molecule has 6 nitrogen and oxygen atoms in total. The second kappa shape index (κ2) is 7.55. The van der Waals surface area contributed by atoms with E-state index >= 15 is 0 Å². The third-order valence-corrected chi connectivity index (χ3v) is 3.99. The van der Waals surface area contributed by atoms with Crippen molar-refractivity contribution in [2.75, 3.05) is 31.1 Å². The number of aliphatic hydroxyl groups is 1. The highest BCUT2D eigenvalue weighted by Crippen LogP contribution is 2.29. The zero-order valence-corrected chi connectivity index (χ0v) is 14.5. The Morgan fingerprint density at radius 3 is 2.36 bits per heavy atom. The van der Waals surface area contributed by atoms with Gasteiger partial charge in [-0.1, -0.05) is 13.8 Å². The normalized spacial score (nSPS) is 17.1. The van der Waals surface area contributed by atoms with Gasteiger partial charge in [0.15, 0.2) is 0 Å². The Balaban J connectivity index is 2.03. The maximum atomic E-state index is 12.9. The van der Waals surface area contributed by atoms with Crippen LogP contribution in [0, 0.1) is 12.8 Å². The van der Waals surface area contributed by atoms with Gasteiger partial charge < -0.3 is 14.9 Å². The maximum Gasteiger partial charge on any atom is 0.433 e. The minimum Gasteiger partial charge on any atom is -0.383 e. The predicted octanol–water partition coefficient (Wildman–Crippen LogP) is 1.86. The van der Waals surface area contributed by atoms with Crippen LogP contribution in [0.3, 0.4) is 0 Å². The van der Waals surface area contributed by atoms with Crippen LogP contribution in [0.2, 0.25) is 0 Å². The lowest BCUT2D eigenvalue weighted by Crippen LogP contribution is -2.52. The molecule has 1 N–H and O–H groups in total. The summed E-state index contributed by atoms with van der Waals surface area (Å²) in [6, 6.07) is 0.908. The van der Waals surface area contributed by atoms with Crippen molar-refractivity contribution < 1.29 is 23.1 Å². The number of rotatable bonds is 4. The zero-order valence-electron chi connectivity index (χ0n) is 14.5. The van der Waals surface area contributed by atoms with Crippen molar-refractivity contribution in [3.05, 3.63) is 17.5 Å². The fourth-order valence-electron chi connectivity index (χ4n) is 2.72. The van der Waals surface area contributed by atoms with Crippen LogP contribution in [0.25, 0.3) is 0 Å². The highest BCUT2D eigenvalue weighted by atomic mass is 19.4. The molecule has 0 radical (unpaired) electrons. The molecule has 1 amide bonds. The summed E-state index contributed by atoms with van der Waals surface area (Å²) in [5.74, 6) is -0.127. The molecular formula is C16H23F3N4O2. The second-order valence-electron chi connectivity index (χ2n) is 6.65. The highest BCUT2D eigenvalue weighted by molar-refractivity contribution is 5.80. The number of hydrogen-bond donors (Lipinski definition) is 1. The zero-order chi connectivity index (χ0) is 18.8. The molecule has 1 aromatic heterocycles. The molecule has 1 saturated heterocycles. The molecule has 1 aliphatic rings. The van der Waals surface area contributed by atoms with Crippen molar-refractivity contribution in [3.63, 3.8) is 0 Å². The molecule has 1 unspecified atom stereocenters. The monoisotopic (exact) mass is 360 g/mol. The topological polar surface area (TPSA) is 69.6 Å². The predicted molar refractivity (Wildman–Crippen MR) is 86.0 cm³/mol. The van der Waals surface area contributed by atoms with E-state index < -0.39 is 18.0 Å². The molecule has 1 fully saturated rings. The summed E-state index contributed by atoms with van der Waals surface area (Å²) in [6.07, 6.45) is -5.19. The van der Waals surface area contributed by atoms with Crippen LogP contribution in [0.4, 0.5) is 19.1 Å². The molecule has 0 bridgehead atoms. The number of piperazine rings is 1. The molecular weight excluding hydrogens is 337 g/mol. The summed E-state index contributed by atoms with van der Waals surface area (Å²) < 4.78 is 38.7. The molecule has 25 heavy (non-hydrogen) atoms. The minimum atomic E-state index is -4.53. The number of alkyl halides is 3. The number of carbonyl (C=O) groups excluding carboxylic acids is 1. The van der Waals surface area contributed by atoms with E-state index in [9.17, 15) is 23.1 Å². The summed E-state index contributed by atoms with van der Waals surface area (Å²) >= 11 is 0. The molecule has 2 rings (SSSR count). The van der Waals surface area contributed by atoms with E-state index in [0.717, 1.165) is 6.07 Å². The minimum absolute atomic E-state index is 0.0159. The third kappa shape index (κ3) is 5.04. The number of aryl methyl sites for hydroxylation is 1. The Labute approximate surface area is 144 Å². The number of aromatic nitrogens is 2. The Bertz CT molecular complexity index is 614. The summed E-state index contributed by atoms with van der Waals surface area (Å²) in [5, 5.41) is 9.93. The van der Waals surface area contributed by atoms with Crippen LogP contribution in [0.1, 0.15) is 31.7 Å². The molecule has 0 spiro atoms. The highest BCUT2D eigenvalue weighted by Gasteiger charge is 2.34. The first-order chi connectivity index (χ1) is 11.6. The molecule has 140 valence electrons. The van der Waals surface area contributed by atoms with E-state index in [0.29, 0.717) is 32.6 Å². The molecule has 1 aromatic rings. The van der Waals surface area contributed by atoms with Gasteiger partial charge in [-0.3, -0.25) is 4.79 Å². The van der Waals surface area contributed by atoms with Crippen LogP contribution in [0.5, 0.6) is 0 Å². The molecule has 0 saturated carbocycles. The Morgan fingerprint density at radius 2 is 1.84 bits per heavy atom. The largest absolute Gasteiger partial charge is 0.433 e. The van der Waals surface area contributed by atoms with Crippen LogP contribution < -0.4 is 4.90 Å². The van der Waals surface area contributed by atoms with Gasteiger partial charge in [0.25, 0.3) is 5.91 Å². The van der Waals surface area contributed by atoms with E-state index in [4.69, 9.17) is 0 Å². The molecule has 2 heterocycles. The van der Waals surface area contributed by atoms with Crippen LogP contribution in [-0.2, 0) is 11.0 Å². The number of nitrogens with zero attached hydrogens (tertiary/aromatic N) is 4. The van der Waals surface area contributed by atoms with Crippen LogP contribution in [0.15, 0.2) is 6.07 Å². The van der Waals surface area contributed by atoms with Gasteiger partial charge in [0, 0.05) is 31.9 Å². The standard InChI is InChI=1S/C16H23F3N4O2/c1-10(2)8-12(24)14(25)22-4-6-23(7-5-22)15-20-11(3)9-13(21-15)16(17,18)19/h9-10,12,24H,4-8H2,1-3H3. The van der Waals surface area contributed by atoms with Crippen molar-refractivity contribution in [2.45, 2.75) is 39.5 Å². The summed E-state index contributed by atoms with van der Waals surface area (Å²) in [4.78, 5) is 23.0. The number of aliphatic hydroxyl groups excluding tert-OH is 1. The van der Waals surface area contributed by atoms with Gasteiger partial charge in [-0.2, -0.15) is 13.2 Å². The van der Waals surface area contributed by atoms with E-state index in [1.807, 2.05) is 13.8 Å². The number of halogens is 3. The van der Waals surface area contributed by atoms with Gasteiger partial charge in [0.2, 0.25) is 5.95 Å². The SMILES string of the molecule is Cc1cc(C(F)(F)F)nc(N2CCN(C(=O)C(O)CC(C)C)CC2)n1. The fraction of sp³-hybridized carbons (Fsp3) is 0.688. The first-order valence-electron chi connectivity index (χ1n) is 8.22. The van der Waals surface area contributed by atoms with Gasteiger partial charge in [-0.25, -0.2) is 9.97 Å².